The summed E-state index contributed by atoms with van der Waals surface area (Å²) in [7, 11) is -3.56. The topological polar surface area (TPSA) is 66.5 Å². The van der Waals surface area contributed by atoms with Crippen LogP contribution < -0.4 is 5.32 Å². The maximum Gasteiger partial charge on any atom is 0.235 e. The standard InChI is InChI=1S/C16H26N2O3S/c1-4-18(5-2)12-6-11-17-16(19)13-22(20,21)15-9-7-14(3)8-10-15/h7-10H,4-6,11-13H2,1-3H3,(H,17,19). The lowest BCUT2D eigenvalue weighted by Gasteiger charge is -2.17. The average Bonchev–Trinajstić information content (AvgIpc) is 2.47. The first kappa shape index (κ1) is 18.6. The minimum atomic E-state index is -3.56. The van der Waals surface area contributed by atoms with Gasteiger partial charge in [0, 0.05) is 6.54 Å². The van der Waals surface area contributed by atoms with Crippen molar-refractivity contribution < 1.29 is 13.2 Å². The zero-order valence-corrected chi connectivity index (χ0v) is 14.4. The summed E-state index contributed by atoms with van der Waals surface area (Å²) in [5.41, 5.74) is 0.986. The number of nitrogens with one attached hydrogen (secondary N) is 1. The van der Waals surface area contributed by atoms with E-state index in [2.05, 4.69) is 24.1 Å². The fourth-order valence-corrected chi connectivity index (χ4v) is 3.29. The Labute approximate surface area is 133 Å². The van der Waals surface area contributed by atoms with Gasteiger partial charge in [0.15, 0.2) is 9.84 Å². The van der Waals surface area contributed by atoms with E-state index in [1.165, 1.54) is 0 Å². The quantitative estimate of drug-likeness (QED) is 0.700. The summed E-state index contributed by atoms with van der Waals surface area (Å²) >= 11 is 0. The first-order chi connectivity index (χ1) is 10.4. The van der Waals surface area contributed by atoms with E-state index >= 15 is 0 Å². The Kier molecular flexibility index (Phi) is 7.55. The van der Waals surface area contributed by atoms with Crippen LogP contribution in [0.1, 0.15) is 25.8 Å². The Bertz CT molecular complexity index is 564. The molecule has 22 heavy (non-hydrogen) atoms. The molecule has 0 aliphatic carbocycles. The van der Waals surface area contributed by atoms with E-state index in [0.29, 0.717) is 6.54 Å². The van der Waals surface area contributed by atoms with E-state index in [1.54, 1.807) is 24.3 Å². The Morgan fingerprint density at radius 3 is 2.27 bits per heavy atom. The monoisotopic (exact) mass is 326 g/mol. The zero-order chi connectivity index (χ0) is 16.6. The van der Waals surface area contributed by atoms with Gasteiger partial charge >= 0.3 is 0 Å². The molecule has 1 N–H and O–H groups in total. The molecule has 0 bridgehead atoms. The second kappa shape index (κ2) is 8.90. The highest BCUT2D eigenvalue weighted by molar-refractivity contribution is 7.92. The molecule has 0 spiro atoms. The van der Waals surface area contributed by atoms with Gasteiger partial charge in [-0.2, -0.15) is 0 Å². The summed E-state index contributed by atoms with van der Waals surface area (Å²) < 4.78 is 24.2. The van der Waals surface area contributed by atoms with Crippen LogP contribution in [0, 0.1) is 6.92 Å². The van der Waals surface area contributed by atoms with E-state index in [1.807, 2.05) is 6.92 Å². The molecule has 124 valence electrons. The number of aryl methyl sites for hydroxylation is 1. The van der Waals surface area contributed by atoms with Crippen LogP contribution in [0.25, 0.3) is 0 Å². The van der Waals surface area contributed by atoms with Crippen molar-refractivity contribution in [1.29, 1.82) is 0 Å². The van der Waals surface area contributed by atoms with Crippen molar-refractivity contribution in [3.63, 3.8) is 0 Å². The highest BCUT2D eigenvalue weighted by Gasteiger charge is 2.18. The molecule has 0 atom stereocenters. The molecule has 0 heterocycles. The lowest BCUT2D eigenvalue weighted by molar-refractivity contribution is -0.118. The van der Waals surface area contributed by atoms with Crippen LogP contribution in [-0.2, 0) is 14.6 Å². The third-order valence-corrected chi connectivity index (χ3v) is 5.20. The van der Waals surface area contributed by atoms with Gasteiger partial charge in [0.1, 0.15) is 5.75 Å². The predicted octanol–water partition coefficient (Wildman–Crippen LogP) is 1.62. The first-order valence-electron chi connectivity index (χ1n) is 7.67. The molecule has 0 aromatic heterocycles. The molecule has 0 radical (unpaired) electrons. The maximum atomic E-state index is 12.1. The SMILES string of the molecule is CCN(CC)CCCNC(=O)CS(=O)(=O)c1ccc(C)cc1. The molecule has 5 nitrogen and oxygen atoms in total. The number of carbonyl (C=O) groups is 1. The molecule has 0 saturated carbocycles. The summed E-state index contributed by atoms with van der Waals surface area (Å²) in [6.07, 6.45) is 0.817. The summed E-state index contributed by atoms with van der Waals surface area (Å²) in [5, 5.41) is 2.68. The summed E-state index contributed by atoms with van der Waals surface area (Å²) in [4.78, 5) is 14.2. The van der Waals surface area contributed by atoms with E-state index in [-0.39, 0.29) is 4.90 Å². The number of hydrogen-bond donors (Lipinski definition) is 1. The third kappa shape index (κ3) is 6.15. The van der Waals surface area contributed by atoms with Crippen molar-refractivity contribution in [1.82, 2.24) is 10.2 Å². The lowest BCUT2D eigenvalue weighted by Crippen LogP contribution is -2.33. The Balaban J connectivity index is 2.42. The third-order valence-electron chi connectivity index (χ3n) is 3.57. The van der Waals surface area contributed by atoms with Crippen LogP contribution >= 0.6 is 0 Å². The summed E-state index contributed by atoms with van der Waals surface area (Å²) in [6, 6.07) is 6.54. The largest absolute Gasteiger partial charge is 0.355 e. The number of benzene rings is 1. The Morgan fingerprint density at radius 2 is 1.73 bits per heavy atom. The van der Waals surface area contributed by atoms with Crippen LogP contribution in [-0.4, -0.2) is 51.2 Å². The van der Waals surface area contributed by atoms with Crippen molar-refractivity contribution in [2.75, 3.05) is 31.9 Å². The van der Waals surface area contributed by atoms with Gasteiger partial charge in [0.05, 0.1) is 4.90 Å². The van der Waals surface area contributed by atoms with Crippen molar-refractivity contribution >= 4 is 15.7 Å². The van der Waals surface area contributed by atoms with E-state index in [0.717, 1.165) is 31.6 Å². The number of carbonyl (C=O) groups excluding carboxylic acids is 1. The second-order valence-corrected chi connectivity index (χ2v) is 7.29. The second-order valence-electron chi connectivity index (χ2n) is 5.30. The number of hydrogen-bond acceptors (Lipinski definition) is 4. The molecule has 1 aromatic carbocycles. The van der Waals surface area contributed by atoms with Gasteiger partial charge in [0.2, 0.25) is 5.91 Å². The van der Waals surface area contributed by atoms with E-state index in [9.17, 15) is 13.2 Å². The van der Waals surface area contributed by atoms with E-state index in [4.69, 9.17) is 0 Å². The zero-order valence-electron chi connectivity index (χ0n) is 13.6. The maximum absolute atomic E-state index is 12.1. The van der Waals surface area contributed by atoms with Crippen LogP contribution in [0.3, 0.4) is 0 Å². The summed E-state index contributed by atoms with van der Waals surface area (Å²) in [6.45, 7) is 9.43. The average molecular weight is 326 g/mol. The Hall–Kier alpha value is -1.40. The fourth-order valence-electron chi connectivity index (χ4n) is 2.12. The van der Waals surface area contributed by atoms with Gasteiger partial charge in [0.25, 0.3) is 0 Å². The molecule has 0 aliphatic heterocycles. The predicted molar refractivity (Wildman–Crippen MR) is 88.6 cm³/mol. The van der Waals surface area contributed by atoms with Crippen LogP contribution in [0.2, 0.25) is 0 Å². The minimum absolute atomic E-state index is 0.191. The van der Waals surface area contributed by atoms with Gasteiger partial charge in [-0.1, -0.05) is 31.5 Å². The van der Waals surface area contributed by atoms with Gasteiger partial charge in [-0.05, 0) is 45.1 Å². The number of rotatable bonds is 9. The molecule has 0 fully saturated rings. The number of nitrogens with zero attached hydrogens (tertiary/aromatic N) is 1. The van der Waals surface area contributed by atoms with Gasteiger partial charge in [-0.15, -0.1) is 0 Å². The molecule has 1 amide bonds. The normalized spacial score (nSPS) is 11.6. The van der Waals surface area contributed by atoms with Crippen molar-refractivity contribution in [3.05, 3.63) is 29.8 Å². The molecule has 1 aromatic rings. The van der Waals surface area contributed by atoms with Gasteiger partial charge < -0.3 is 10.2 Å². The Morgan fingerprint density at radius 1 is 1.14 bits per heavy atom. The van der Waals surface area contributed by atoms with Crippen molar-refractivity contribution in [3.8, 4) is 0 Å². The first-order valence-corrected chi connectivity index (χ1v) is 9.32. The number of amides is 1. The smallest absolute Gasteiger partial charge is 0.235 e. The van der Waals surface area contributed by atoms with Crippen LogP contribution in [0.5, 0.6) is 0 Å². The number of sulfone groups is 1. The fraction of sp³-hybridized carbons (Fsp3) is 0.562. The molecular weight excluding hydrogens is 300 g/mol. The summed E-state index contributed by atoms with van der Waals surface area (Å²) in [5.74, 6) is -0.943. The molecule has 0 saturated heterocycles. The van der Waals surface area contributed by atoms with Crippen LogP contribution in [0.4, 0.5) is 0 Å². The molecular formula is C16H26N2O3S. The molecule has 1 rings (SSSR count). The lowest BCUT2D eigenvalue weighted by atomic mass is 10.2. The highest BCUT2D eigenvalue weighted by Crippen LogP contribution is 2.11. The van der Waals surface area contributed by atoms with Gasteiger partial charge in [-0.3, -0.25) is 4.79 Å². The van der Waals surface area contributed by atoms with Crippen molar-refractivity contribution in [2.24, 2.45) is 0 Å². The van der Waals surface area contributed by atoms with Crippen LogP contribution in [0.15, 0.2) is 29.2 Å². The molecule has 0 unspecified atom stereocenters. The molecule has 0 aliphatic rings. The minimum Gasteiger partial charge on any atom is -0.355 e. The molecule has 6 heteroatoms. The van der Waals surface area contributed by atoms with E-state index < -0.39 is 21.5 Å². The van der Waals surface area contributed by atoms with Gasteiger partial charge in [-0.25, -0.2) is 8.42 Å². The van der Waals surface area contributed by atoms with Crippen molar-refractivity contribution in [2.45, 2.75) is 32.1 Å². The highest BCUT2D eigenvalue weighted by atomic mass is 32.2.